The van der Waals surface area contributed by atoms with E-state index < -0.39 is 5.95 Å². The van der Waals surface area contributed by atoms with Crippen molar-refractivity contribution < 1.29 is 9.50 Å². The van der Waals surface area contributed by atoms with Crippen LogP contribution in [0.3, 0.4) is 0 Å². The van der Waals surface area contributed by atoms with E-state index in [9.17, 15) is 4.39 Å². The fourth-order valence-electron chi connectivity index (χ4n) is 0.945. The third kappa shape index (κ3) is 2.62. The van der Waals surface area contributed by atoms with E-state index in [0.29, 0.717) is 12.0 Å². The Kier molecular flexibility index (Phi) is 3.59. The van der Waals surface area contributed by atoms with Crippen molar-refractivity contribution in [3.05, 3.63) is 28.8 Å². The fourth-order valence-corrected chi connectivity index (χ4v) is 1.12. The molecular formula is C8H10ClFN2O. The Morgan fingerprint density at radius 2 is 2.38 bits per heavy atom. The summed E-state index contributed by atoms with van der Waals surface area (Å²) in [5.74, 6) is -0.707. The third-order valence-electron chi connectivity index (χ3n) is 1.69. The second-order valence-corrected chi connectivity index (χ2v) is 3.07. The van der Waals surface area contributed by atoms with Crippen LogP contribution >= 0.6 is 11.6 Å². The number of nitrogens with two attached hydrogens (primary N) is 1. The predicted octanol–water partition coefficient (Wildman–Crippen LogP) is 1.26. The molecule has 0 saturated carbocycles. The highest BCUT2D eigenvalue weighted by molar-refractivity contribution is 6.30. The van der Waals surface area contributed by atoms with Crippen molar-refractivity contribution >= 4 is 11.6 Å². The van der Waals surface area contributed by atoms with E-state index in [-0.39, 0.29) is 17.7 Å². The monoisotopic (exact) mass is 204 g/mol. The van der Waals surface area contributed by atoms with Crippen molar-refractivity contribution in [3.8, 4) is 0 Å². The lowest BCUT2D eigenvalue weighted by atomic mass is 10.1. The van der Waals surface area contributed by atoms with Crippen LogP contribution in [0.1, 0.15) is 18.0 Å². The molecule has 13 heavy (non-hydrogen) atoms. The van der Waals surface area contributed by atoms with Gasteiger partial charge >= 0.3 is 0 Å². The fraction of sp³-hybridized carbons (Fsp3) is 0.375. The lowest BCUT2D eigenvalue weighted by molar-refractivity contribution is 0.276. The van der Waals surface area contributed by atoms with Crippen molar-refractivity contribution in [3.63, 3.8) is 0 Å². The number of aliphatic hydroxyl groups excluding tert-OH is 1. The second kappa shape index (κ2) is 4.50. The summed E-state index contributed by atoms with van der Waals surface area (Å²) in [7, 11) is 0. The van der Waals surface area contributed by atoms with E-state index in [2.05, 4.69) is 4.98 Å². The van der Waals surface area contributed by atoms with Gasteiger partial charge in [0.25, 0.3) is 0 Å². The first-order valence-electron chi connectivity index (χ1n) is 3.82. The molecule has 0 saturated heterocycles. The van der Waals surface area contributed by atoms with Crippen LogP contribution in [0.4, 0.5) is 4.39 Å². The number of nitrogens with zero attached hydrogens (tertiary/aromatic N) is 1. The Hall–Kier alpha value is -0.710. The summed E-state index contributed by atoms with van der Waals surface area (Å²) in [4.78, 5) is 3.42. The molecule has 0 amide bonds. The standard InChI is InChI=1S/C8H10ClFN2O/c9-6-3-5(4-12-8(6)10)7(11)1-2-13/h3-4,7,13H,1-2,11H2. The Bertz CT molecular complexity index is 295. The highest BCUT2D eigenvalue weighted by Gasteiger charge is 2.08. The lowest BCUT2D eigenvalue weighted by Crippen LogP contribution is -2.12. The molecule has 1 atom stereocenters. The SMILES string of the molecule is NC(CCO)c1cnc(F)c(Cl)c1. The Morgan fingerprint density at radius 1 is 1.69 bits per heavy atom. The predicted molar refractivity (Wildman–Crippen MR) is 47.8 cm³/mol. The molecular weight excluding hydrogens is 195 g/mol. The summed E-state index contributed by atoms with van der Waals surface area (Å²) in [5, 5.41) is 8.56. The normalized spacial score (nSPS) is 12.9. The molecule has 1 heterocycles. The molecule has 0 fully saturated rings. The molecule has 3 nitrogen and oxygen atoms in total. The molecule has 1 aromatic rings. The van der Waals surface area contributed by atoms with Crippen molar-refractivity contribution in [1.29, 1.82) is 0 Å². The first-order chi connectivity index (χ1) is 6.15. The van der Waals surface area contributed by atoms with Crippen LogP contribution < -0.4 is 5.73 Å². The van der Waals surface area contributed by atoms with Gasteiger partial charge in [0.15, 0.2) is 0 Å². The van der Waals surface area contributed by atoms with Crippen molar-refractivity contribution in [2.24, 2.45) is 5.73 Å². The summed E-state index contributed by atoms with van der Waals surface area (Å²) in [6, 6.07) is 1.07. The van der Waals surface area contributed by atoms with Crippen LogP contribution in [0.25, 0.3) is 0 Å². The van der Waals surface area contributed by atoms with Gasteiger partial charge in [-0.1, -0.05) is 11.6 Å². The average Bonchev–Trinajstić information content (AvgIpc) is 2.10. The van der Waals surface area contributed by atoms with E-state index >= 15 is 0 Å². The maximum atomic E-state index is 12.6. The zero-order valence-corrected chi connectivity index (χ0v) is 7.63. The maximum absolute atomic E-state index is 12.6. The van der Waals surface area contributed by atoms with Gasteiger partial charge in [-0.05, 0) is 18.1 Å². The van der Waals surface area contributed by atoms with Gasteiger partial charge in [0.05, 0.1) is 5.02 Å². The summed E-state index contributed by atoms with van der Waals surface area (Å²) in [6.07, 6.45) is 1.73. The Morgan fingerprint density at radius 3 is 2.92 bits per heavy atom. The number of rotatable bonds is 3. The molecule has 0 aliphatic carbocycles. The highest BCUT2D eigenvalue weighted by atomic mass is 35.5. The van der Waals surface area contributed by atoms with Crippen LogP contribution in [0.15, 0.2) is 12.3 Å². The molecule has 1 unspecified atom stereocenters. The van der Waals surface area contributed by atoms with Crippen LogP contribution in [0, 0.1) is 5.95 Å². The zero-order chi connectivity index (χ0) is 9.84. The number of aliphatic hydroxyl groups is 1. The van der Waals surface area contributed by atoms with Gasteiger partial charge < -0.3 is 10.8 Å². The molecule has 1 rings (SSSR count). The number of hydrogen-bond acceptors (Lipinski definition) is 3. The van der Waals surface area contributed by atoms with Gasteiger partial charge in [-0.25, -0.2) is 4.98 Å². The third-order valence-corrected chi connectivity index (χ3v) is 1.95. The molecule has 3 N–H and O–H groups in total. The van der Waals surface area contributed by atoms with Gasteiger partial charge in [-0.3, -0.25) is 0 Å². The summed E-state index contributed by atoms with van der Waals surface area (Å²) < 4.78 is 12.6. The lowest BCUT2D eigenvalue weighted by Gasteiger charge is -2.09. The van der Waals surface area contributed by atoms with Crippen LogP contribution in [-0.2, 0) is 0 Å². The van der Waals surface area contributed by atoms with E-state index in [0.717, 1.165) is 0 Å². The Labute approximate surface area is 80.3 Å². The van der Waals surface area contributed by atoms with Crippen molar-refractivity contribution in [1.82, 2.24) is 4.98 Å². The largest absolute Gasteiger partial charge is 0.396 e. The molecule has 0 radical (unpaired) electrons. The second-order valence-electron chi connectivity index (χ2n) is 2.66. The quantitative estimate of drug-likeness (QED) is 0.729. The number of hydrogen-bond donors (Lipinski definition) is 2. The van der Waals surface area contributed by atoms with Crippen molar-refractivity contribution in [2.75, 3.05) is 6.61 Å². The summed E-state index contributed by atoms with van der Waals surface area (Å²) in [6.45, 7) is -0.0177. The number of halogens is 2. The zero-order valence-electron chi connectivity index (χ0n) is 6.87. The Balaban J connectivity index is 2.84. The first kappa shape index (κ1) is 10.4. The van der Waals surface area contributed by atoms with Crippen LogP contribution in [0.5, 0.6) is 0 Å². The molecule has 5 heteroatoms. The molecule has 0 aliphatic heterocycles. The van der Waals surface area contributed by atoms with Gasteiger partial charge in [-0.15, -0.1) is 0 Å². The number of aromatic nitrogens is 1. The molecule has 72 valence electrons. The first-order valence-corrected chi connectivity index (χ1v) is 4.20. The molecule has 1 aromatic heterocycles. The van der Waals surface area contributed by atoms with E-state index in [4.69, 9.17) is 22.4 Å². The van der Waals surface area contributed by atoms with Crippen LogP contribution in [0.2, 0.25) is 5.02 Å². The summed E-state index contributed by atoms with van der Waals surface area (Å²) >= 11 is 5.50. The summed E-state index contributed by atoms with van der Waals surface area (Å²) in [5.41, 5.74) is 6.27. The minimum Gasteiger partial charge on any atom is -0.396 e. The molecule has 0 spiro atoms. The minimum atomic E-state index is -0.707. The topological polar surface area (TPSA) is 59.1 Å². The molecule has 0 aromatic carbocycles. The smallest absolute Gasteiger partial charge is 0.231 e. The van der Waals surface area contributed by atoms with Gasteiger partial charge in [0.2, 0.25) is 5.95 Å². The van der Waals surface area contributed by atoms with Gasteiger partial charge in [-0.2, -0.15) is 4.39 Å². The van der Waals surface area contributed by atoms with E-state index in [1.54, 1.807) is 0 Å². The average molecular weight is 205 g/mol. The van der Waals surface area contributed by atoms with Crippen molar-refractivity contribution in [2.45, 2.75) is 12.5 Å². The highest BCUT2D eigenvalue weighted by Crippen LogP contribution is 2.18. The maximum Gasteiger partial charge on any atom is 0.231 e. The minimum absolute atomic E-state index is 0.0177. The van der Waals surface area contributed by atoms with Crippen LogP contribution in [-0.4, -0.2) is 16.7 Å². The van der Waals surface area contributed by atoms with E-state index in [1.165, 1.54) is 12.3 Å². The van der Waals surface area contributed by atoms with Gasteiger partial charge in [0, 0.05) is 18.8 Å². The molecule has 0 aliphatic rings. The van der Waals surface area contributed by atoms with E-state index in [1.807, 2.05) is 0 Å². The molecule has 0 bridgehead atoms. The van der Waals surface area contributed by atoms with Gasteiger partial charge in [0.1, 0.15) is 0 Å². The number of pyridine rings is 1.